The maximum atomic E-state index is 13.5. The highest BCUT2D eigenvalue weighted by molar-refractivity contribution is 8.00. The Kier molecular flexibility index (Phi) is 7.01. The molecule has 10 heteroatoms. The highest BCUT2D eigenvalue weighted by Gasteiger charge is 2.50. The summed E-state index contributed by atoms with van der Waals surface area (Å²) in [6.45, 7) is 6.71. The quantitative estimate of drug-likeness (QED) is 0.362. The van der Waals surface area contributed by atoms with Crippen molar-refractivity contribution in [2.75, 3.05) is 63.6 Å². The Balaban J connectivity index is 1.14. The van der Waals surface area contributed by atoms with Crippen LogP contribution in [-0.2, 0) is 11.8 Å². The van der Waals surface area contributed by atoms with Crippen LogP contribution in [0.3, 0.4) is 0 Å². The van der Waals surface area contributed by atoms with Crippen LogP contribution in [0, 0.1) is 0 Å². The molecule has 1 amide bonds. The van der Waals surface area contributed by atoms with Gasteiger partial charge in [0, 0.05) is 66.6 Å². The van der Waals surface area contributed by atoms with Crippen molar-refractivity contribution in [1.82, 2.24) is 15.0 Å². The summed E-state index contributed by atoms with van der Waals surface area (Å²) in [6, 6.07) is 11.0. The maximum Gasteiger partial charge on any atom is 0.254 e. The Morgan fingerprint density at radius 2 is 1.83 bits per heavy atom. The van der Waals surface area contributed by atoms with Crippen LogP contribution in [0.1, 0.15) is 54.1 Å². The van der Waals surface area contributed by atoms with Gasteiger partial charge in [0.2, 0.25) is 0 Å². The van der Waals surface area contributed by atoms with Crippen LogP contribution < -0.4 is 19.1 Å². The van der Waals surface area contributed by atoms with Crippen LogP contribution >= 0.6 is 11.9 Å². The number of nitrogens with zero attached hydrogens (tertiary/aromatic N) is 4. The number of likely N-dealkylation sites (N-methyl/N-ethyl adjacent to an activating group) is 1. The second-order valence-corrected chi connectivity index (χ2v) is 13.0. The molecule has 2 aliphatic carbocycles. The Bertz CT molecular complexity index is 1480. The van der Waals surface area contributed by atoms with Gasteiger partial charge in [0.25, 0.3) is 5.91 Å². The average molecular weight is 590 g/mol. The van der Waals surface area contributed by atoms with Crippen LogP contribution in [-0.4, -0.2) is 80.9 Å². The molecule has 3 fully saturated rings. The van der Waals surface area contributed by atoms with Gasteiger partial charge in [-0.1, -0.05) is 11.2 Å². The summed E-state index contributed by atoms with van der Waals surface area (Å²) < 4.78 is 21.0. The van der Waals surface area contributed by atoms with E-state index in [9.17, 15) is 4.79 Å². The van der Waals surface area contributed by atoms with E-state index in [4.69, 9.17) is 14.0 Å². The van der Waals surface area contributed by atoms with E-state index < -0.39 is 0 Å². The third-order valence-corrected chi connectivity index (χ3v) is 10.6. The minimum atomic E-state index is -0.00447. The highest BCUT2D eigenvalue weighted by atomic mass is 32.2. The average Bonchev–Trinajstić information content (AvgIpc) is 3.67. The molecule has 1 atom stereocenters. The topological polar surface area (TPSA) is 83.3 Å². The molecular formula is C32H39N5O4S. The summed E-state index contributed by atoms with van der Waals surface area (Å²) in [5.74, 6) is 2.75. The third kappa shape index (κ3) is 4.68. The number of ether oxygens (including phenoxy) is 2. The minimum Gasteiger partial charge on any atom is -0.495 e. The predicted octanol–water partition coefficient (Wildman–Crippen LogP) is 5.44. The normalized spacial score (nSPS) is 20.8. The standard InChI is InChI=1S/C32H39N5O4S/c1-20-8-13-37(15-14-35(20)2)31(38)21-16-26(39-3)29(27(17-21)40-4)42-34-30-24-19-32(9-10-32)25-7-6-22(36-11-5-12-36)18-23(25)28(24)41-33-30/h6-7,16-18,20H,5,8-15,19H2,1-4H3,(H,33,34). The first-order valence-corrected chi connectivity index (χ1v) is 15.8. The molecule has 2 saturated heterocycles. The van der Waals surface area contributed by atoms with Gasteiger partial charge in [-0.25, -0.2) is 0 Å². The van der Waals surface area contributed by atoms with Gasteiger partial charge >= 0.3 is 0 Å². The van der Waals surface area contributed by atoms with Gasteiger partial charge in [-0.3, -0.25) is 4.79 Å². The van der Waals surface area contributed by atoms with Gasteiger partial charge in [-0.15, -0.1) is 0 Å². The van der Waals surface area contributed by atoms with Crippen molar-refractivity contribution in [2.24, 2.45) is 0 Å². The molecular weight excluding hydrogens is 550 g/mol. The van der Waals surface area contributed by atoms with E-state index in [0.29, 0.717) is 29.6 Å². The van der Waals surface area contributed by atoms with Gasteiger partial charge in [0.15, 0.2) is 11.6 Å². The molecule has 1 aromatic heterocycles. The molecule has 1 N–H and O–H groups in total. The maximum absolute atomic E-state index is 13.5. The zero-order chi connectivity index (χ0) is 29.0. The number of hydrogen-bond donors (Lipinski definition) is 1. The van der Waals surface area contributed by atoms with Crippen LogP contribution in [0.4, 0.5) is 11.5 Å². The number of carbonyl (C=O) groups excluding carboxylic acids is 1. The fraction of sp³-hybridized carbons (Fsp3) is 0.500. The van der Waals surface area contributed by atoms with Gasteiger partial charge in [-0.05, 0) is 87.9 Å². The fourth-order valence-corrected chi connectivity index (χ4v) is 7.36. The van der Waals surface area contributed by atoms with E-state index in [1.54, 1.807) is 14.2 Å². The number of amides is 1. The molecule has 222 valence electrons. The molecule has 1 saturated carbocycles. The van der Waals surface area contributed by atoms with Crippen LogP contribution in [0.25, 0.3) is 11.3 Å². The number of nitrogens with one attached hydrogen (secondary N) is 1. The molecule has 7 rings (SSSR count). The van der Waals surface area contributed by atoms with Crippen molar-refractivity contribution in [3.63, 3.8) is 0 Å². The zero-order valence-corrected chi connectivity index (χ0v) is 25.7. The highest BCUT2D eigenvalue weighted by Crippen LogP contribution is 2.59. The van der Waals surface area contributed by atoms with Crippen molar-refractivity contribution in [3.05, 3.63) is 47.0 Å². The number of hydrogen-bond acceptors (Lipinski definition) is 9. The molecule has 2 aromatic carbocycles. The molecule has 2 aliphatic heterocycles. The molecule has 1 unspecified atom stereocenters. The van der Waals surface area contributed by atoms with Crippen molar-refractivity contribution < 1.29 is 18.8 Å². The summed E-state index contributed by atoms with van der Waals surface area (Å²) in [5.41, 5.74) is 5.70. The van der Waals surface area contributed by atoms with E-state index in [1.165, 1.54) is 48.0 Å². The van der Waals surface area contributed by atoms with E-state index in [2.05, 4.69) is 51.8 Å². The second kappa shape index (κ2) is 10.7. The Hall–Kier alpha value is -3.37. The minimum absolute atomic E-state index is 0.00447. The predicted molar refractivity (Wildman–Crippen MR) is 165 cm³/mol. The molecule has 1 spiro atoms. The van der Waals surface area contributed by atoms with Gasteiger partial charge < -0.3 is 33.4 Å². The van der Waals surface area contributed by atoms with Gasteiger partial charge in [0.1, 0.15) is 16.4 Å². The van der Waals surface area contributed by atoms with Crippen LogP contribution in [0.2, 0.25) is 0 Å². The third-order valence-electron chi connectivity index (χ3n) is 9.73. The Morgan fingerprint density at radius 3 is 2.50 bits per heavy atom. The zero-order valence-electron chi connectivity index (χ0n) is 24.9. The van der Waals surface area contributed by atoms with Gasteiger partial charge in [-0.2, -0.15) is 0 Å². The number of methoxy groups -OCH3 is 2. The molecule has 9 nitrogen and oxygen atoms in total. The monoisotopic (exact) mass is 589 g/mol. The van der Waals surface area contributed by atoms with E-state index in [1.807, 2.05) is 17.0 Å². The first-order chi connectivity index (χ1) is 20.4. The van der Waals surface area contributed by atoms with Crippen LogP contribution in [0.5, 0.6) is 11.5 Å². The van der Waals surface area contributed by atoms with Crippen molar-refractivity contribution >= 4 is 29.4 Å². The molecule has 4 aliphatic rings. The summed E-state index contributed by atoms with van der Waals surface area (Å²) >= 11 is 1.37. The second-order valence-electron chi connectivity index (χ2n) is 12.2. The Morgan fingerprint density at radius 1 is 1.07 bits per heavy atom. The molecule has 3 heterocycles. The number of benzene rings is 2. The first kappa shape index (κ1) is 27.5. The van der Waals surface area contributed by atoms with Gasteiger partial charge in [0.05, 0.1) is 14.2 Å². The van der Waals surface area contributed by atoms with Crippen LogP contribution in [0.15, 0.2) is 39.8 Å². The lowest BCUT2D eigenvalue weighted by molar-refractivity contribution is 0.0762. The number of fused-ring (bicyclic) bond motifs is 4. The fourth-order valence-electron chi connectivity index (χ4n) is 6.51. The first-order valence-electron chi connectivity index (χ1n) is 15.0. The summed E-state index contributed by atoms with van der Waals surface area (Å²) in [6.07, 6.45) is 5.47. The molecule has 0 bridgehead atoms. The lowest BCUT2D eigenvalue weighted by atomic mass is 9.79. The SMILES string of the molecule is COc1cc(C(=O)N2CCC(C)N(C)CC2)cc(OC)c1SNc1noc2c1CC1(CC1)c1ccc(N3CCC3)cc1-2. The van der Waals surface area contributed by atoms with Crippen molar-refractivity contribution in [1.29, 1.82) is 0 Å². The number of anilines is 2. The largest absolute Gasteiger partial charge is 0.495 e. The summed E-state index contributed by atoms with van der Waals surface area (Å²) in [7, 11) is 5.36. The number of carbonyl (C=O) groups is 1. The lowest BCUT2D eigenvalue weighted by Crippen LogP contribution is -2.37. The summed E-state index contributed by atoms with van der Waals surface area (Å²) in [5, 5.41) is 4.49. The molecule has 3 aromatic rings. The molecule has 0 radical (unpaired) electrons. The molecule has 42 heavy (non-hydrogen) atoms. The lowest BCUT2D eigenvalue weighted by Gasteiger charge is -2.34. The van der Waals surface area contributed by atoms with E-state index in [0.717, 1.165) is 61.1 Å². The van der Waals surface area contributed by atoms with E-state index in [-0.39, 0.29) is 11.3 Å². The number of rotatable bonds is 7. The van der Waals surface area contributed by atoms with E-state index >= 15 is 0 Å². The smallest absolute Gasteiger partial charge is 0.254 e. The van der Waals surface area contributed by atoms with Crippen molar-refractivity contribution in [3.8, 4) is 22.8 Å². The Labute approximate surface area is 251 Å². The summed E-state index contributed by atoms with van der Waals surface area (Å²) in [4.78, 5) is 20.9. The number of aromatic nitrogens is 1. The van der Waals surface area contributed by atoms with Crippen molar-refractivity contribution in [2.45, 2.75) is 55.4 Å².